The van der Waals surface area contributed by atoms with Crippen LogP contribution in [0.5, 0.6) is 0 Å². The normalized spacial score (nSPS) is 11.1. The first-order chi connectivity index (χ1) is 9.15. The van der Waals surface area contributed by atoms with E-state index in [2.05, 4.69) is 82.3 Å². The largest absolute Gasteiger partial charge is 0.0776 e. The summed E-state index contributed by atoms with van der Waals surface area (Å²) >= 11 is 0. The van der Waals surface area contributed by atoms with Crippen LogP contribution in [0.2, 0.25) is 0 Å². The molecular formula is C20H30. The van der Waals surface area contributed by atoms with Crippen LogP contribution in [0.15, 0.2) is 60.7 Å². The molecule has 2 rings (SSSR count). The van der Waals surface area contributed by atoms with Crippen molar-refractivity contribution in [1.29, 1.82) is 0 Å². The number of benzene rings is 2. The van der Waals surface area contributed by atoms with Crippen LogP contribution in [0, 0.1) is 0 Å². The Balaban J connectivity index is 0.000000345. The van der Waals surface area contributed by atoms with Gasteiger partial charge in [0.2, 0.25) is 0 Å². The second kappa shape index (κ2) is 10.3. The smallest absolute Gasteiger partial charge is 0.0193 e. The Morgan fingerprint density at radius 1 is 0.700 bits per heavy atom. The van der Waals surface area contributed by atoms with E-state index >= 15 is 0 Å². The highest BCUT2D eigenvalue weighted by Gasteiger charge is 1.98. The molecule has 0 N–H and O–H groups in total. The number of rotatable bonds is 3. The zero-order valence-electron chi connectivity index (χ0n) is 12.6. The lowest BCUT2D eigenvalue weighted by atomic mass is 9.99. The molecule has 0 spiro atoms. The zero-order valence-corrected chi connectivity index (χ0v) is 12.6. The van der Waals surface area contributed by atoms with Gasteiger partial charge in [-0.15, -0.1) is 0 Å². The summed E-state index contributed by atoms with van der Waals surface area (Å²) in [6, 6.07) is 21.2. The third kappa shape index (κ3) is 6.56. The van der Waals surface area contributed by atoms with Gasteiger partial charge in [0, 0.05) is 0 Å². The van der Waals surface area contributed by atoms with Gasteiger partial charge in [-0.25, -0.2) is 0 Å². The predicted octanol–water partition coefficient (Wildman–Crippen LogP) is 6.65. The summed E-state index contributed by atoms with van der Waals surface area (Å²) in [6.45, 7) is 8.89. The van der Waals surface area contributed by atoms with Crippen LogP contribution < -0.4 is 0 Å². The minimum Gasteiger partial charge on any atom is -0.0776 e. The van der Waals surface area contributed by atoms with Crippen LogP contribution in [0.3, 0.4) is 0 Å². The van der Waals surface area contributed by atoms with Gasteiger partial charge in [0.25, 0.3) is 0 Å². The summed E-state index contributed by atoms with van der Waals surface area (Å²) in [7, 11) is 0. The molecule has 20 heavy (non-hydrogen) atoms. The van der Waals surface area contributed by atoms with Crippen molar-refractivity contribution in [1.82, 2.24) is 0 Å². The summed E-state index contributed by atoms with van der Waals surface area (Å²) in [4.78, 5) is 0. The van der Waals surface area contributed by atoms with Crippen molar-refractivity contribution in [3.63, 3.8) is 0 Å². The molecule has 0 aliphatic carbocycles. The number of hydrogen-bond donors (Lipinski definition) is 0. The second-order valence-corrected chi connectivity index (χ2v) is 5.29. The molecule has 0 aromatic heterocycles. The van der Waals surface area contributed by atoms with Gasteiger partial charge in [-0.3, -0.25) is 0 Å². The molecule has 2 aromatic rings. The Bertz CT molecular complexity index is 428. The van der Waals surface area contributed by atoms with Crippen LogP contribution in [0.25, 0.3) is 0 Å². The average Bonchev–Trinajstić information content (AvgIpc) is 2.49. The molecule has 0 radical (unpaired) electrons. The lowest BCUT2D eigenvalue weighted by Crippen LogP contribution is -1.88. The molecule has 1 atom stereocenters. The maximum atomic E-state index is 2.26. The monoisotopic (exact) mass is 270 g/mol. The van der Waals surface area contributed by atoms with Crippen molar-refractivity contribution < 1.29 is 0 Å². The minimum atomic E-state index is 0. The molecule has 0 saturated heterocycles. The Labute approximate surface area is 125 Å². The fraction of sp³-hybridized carbons (Fsp3) is 0.400. The first-order valence-corrected chi connectivity index (χ1v) is 7.25. The van der Waals surface area contributed by atoms with E-state index in [0.717, 1.165) is 0 Å². The van der Waals surface area contributed by atoms with Gasteiger partial charge in [0.1, 0.15) is 0 Å². The third-order valence-corrected chi connectivity index (χ3v) is 3.45. The summed E-state index contributed by atoms with van der Waals surface area (Å²) in [6.07, 6.45) is 1.23. The minimum absolute atomic E-state index is 0. The Hall–Kier alpha value is -1.56. The maximum absolute atomic E-state index is 2.26. The van der Waals surface area contributed by atoms with E-state index < -0.39 is 0 Å². The van der Waals surface area contributed by atoms with E-state index in [4.69, 9.17) is 0 Å². The number of hydrogen-bond acceptors (Lipinski definition) is 0. The topological polar surface area (TPSA) is 0 Å². The molecule has 0 bridgehead atoms. The Morgan fingerprint density at radius 3 is 1.40 bits per heavy atom. The van der Waals surface area contributed by atoms with Gasteiger partial charge >= 0.3 is 0 Å². The van der Waals surface area contributed by atoms with Crippen LogP contribution in [0.1, 0.15) is 64.5 Å². The van der Waals surface area contributed by atoms with E-state index in [1.807, 2.05) is 6.07 Å². The van der Waals surface area contributed by atoms with Gasteiger partial charge in [-0.05, 0) is 29.4 Å². The summed E-state index contributed by atoms with van der Waals surface area (Å²) in [5.41, 5.74) is 2.86. The highest BCUT2D eigenvalue weighted by atomic mass is 14.0. The summed E-state index contributed by atoms with van der Waals surface area (Å²) < 4.78 is 0. The predicted molar refractivity (Wildman–Crippen MR) is 92.4 cm³/mol. The fourth-order valence-electron chi connectivity index (χ4n) is 1.86. The highest BCUT2D eigenvalue weighted by Crippen LogP contribution is 2.16. The molecule has 0 fully saturated rings. The van der Waals surface area contributed by atoms with E-state index in [9.17, 15) is 0 Å². The van der Waals surface area contributed by atoms with Crippen molar-refractivity contribution in [2.45, 2.75) is 53.4 Å². The van der Waals surface area contributed by atoms with Gasteiger partial charge < -0.3 is 0 Å². The SMILES string of the molecule is C.CC(C)c1ccccc1.CCC(C)c1ccccc1. The van der Waals surface area contributed by atoms with E-state index in [1.54, 1.807) is 0 Å². The van der Waals surface area contributed by atoms with E-state index in [-0.39, 0.29) is 7.43 Å². The molecular weight excluding hydrogens is 240 g/mol. The van der Waals surface area contributed by atoms with E-state index in [1.165, 1.54) is 17.5 Å². The summed E-state index contributed by atoms with van der Waals surface area (Å²) in [5.74, 6) is 1.37. The van der Waals surface area contributed by atoms with Gasteiger partial charge in [-0.2, -0.15) is 0 Å². The summed E-state index contributed by atoms with van der Waals surface area (Å²) in [5, 5.41) is 0. The average molecular weight is 270 g/mol. The van der Waals surface area contributed by atoms with Gasteiger partial charge in [0.15, 0.2) is 0 Å². The fourth-order valence-corrected chi connectivity index (χ4v) is 1.86. The Kier molecular flexibility index (Phi) is 9.45. The second-order valence-electron chi connectivity index (χ2n) is 5.29. The molecule has 0 heterocycles. The van der Waals surface area contributed by atoms with Crippen molar-refractivity contribution >= 4 is 0 Å². The molecule has 1 unspecified atom stereocenters. The maximum Gasteiger partial charge on any atom is -0.0193 e. The van der Waals surface area contributed by atoms with E-state index in [0.29, 0.717) is 11.8 Å². The molecule has 0 nitrogen and oxygen atoms in total. The van der Waals surface area contributed by atoms with Crippen molar-refractivity contribution in [2.75, 3.05) is 0 Å². The van der Waals surface area contributed by atoms with Gasteiger partial charge in [0.05, 0.1) is 0 Å². The zero-order chi connectivity index (χ0) is 14.1. The van der Waals surface area contributed by atoms with Crippen molar-refractivity contribution in [2.24, 2.45) is 0 Å². The van der Waals surface area contributed by atoms with Crippen LogP contribution in [-0.4, -0.2) is 0 Å². The third-order valence-electron chi connectivity index (χ3n) is 3.45. The van der Waals surface area contributed by atoms with Crippen molar-refractivity contribution in [3.8, 4) is 0 Å². The van der Waals surface area contributed by atoms with Crippen LogP contribution in [0.4, 0.5) is 0 Å². The van der Waals surface area contributed by atoms with Crippen LogP contribution >= 0.6 is 0 Å². The first kappa shape index (κ1) is 18.4. The highest BCUT2D eigenvalue weighted by molar-refractivity contribution is 5.18. The lowest BCUT2D eigenvalue weighted by Gasteiger charge is -2.06. The molecule has 2 aromatic carbocycles. The molecule has 0 saturated carbocycles. The molecule has 0 aliphatic rings. The standard InChI is InChI=1S/C10H14.C9H12.CH4/c1-3-9(2)10-7-5-4-6-8-10;1-8(2)9-6-4-3-5-7-9;/h4-9H,3H2,1-2H3;3-8H,1-2H3;1H4. The quantitative estimate of drug-likeness (QED) is 0.586. The molecule has 0 amide bonds. The molecule has 110 valence electrons. The first-order valence-electron chi connectivity index (χ1n) is 7.25. The Morgan fingerprint density at radius 2 is 1.10 bits per heavy atom. The van der Waals surface area contributed by atoms with Crippen LogP contribution in [-0.2, 0) is 0 Å². The van der Waals surface area contributed by atoms with Gasteiger partial charge in [-0.1, -0.05) is 95.8 Å². The van der Waals surface area contributed by atoms with Crippen molar-refractivity contribution in [3.05, 3.63) is 71.8 Å². The molecule has 0 heteroatoms. The molecule has 0 aliphatic heterocycles. The lowest BCUT2D eigenvalue weighted by molar-refractivity contribution is 0.733.